The lowest BCUT2D eigenvalue weighted by atomic mass is 10.1. The molecule has 0 aliphatic carbocycles. The van der Waals surface area contributed by atoms with Crippen molar-refractivity contribution in [1.82, 2.24) is 9.97 Å². The van der Waals surface area contributed by atoms with Crippen molar-refractivity contribution in [3.8, 4) is 0 Å². The fourth-order valence-electron chi connectivity index (χ4n) is 1.43. The van der Waals surface area contributed by atoms with Gasteiger partial charge in [-0.3, -0.25) is 0 Å². The van der Waals surface area contributed by atoms with Crippen molar-refractivity contribution < 1.29 is 0 Å². The number of thioether (sulfide) groups is 1. The van der Waals surface area contributed by atoms with E-state index in [1.165, 1.54) is 6.42 Å². The van der Waals surface area contributed by atoms with E-state index >= 15 is 0 Å². The summed E-state index contributed by atoms with van der Waals surface area (Å²) < 4.78 is 0.985. The molecule has 0 saturated heterocycles. The van der Waals surface area contributed by atoms with Crippen molar-refractivity contribution >= 4 is 33.5 Å². The first-order valence-corrected chi connectivity index (χ1v) is 7.86. The van der Waals surface area contributed by atoms with Crippen molar-refractivity contribution in [2.24, 2.45) is 0 Å². The molecule has 0 fully saturated rings. The van der Waals surface area contributed by atoms with Crippen molar-refractivity contribution in [2.75, 3.05) is 18.1 Å². The minimum Gasteiger partial charge on any atom is -0.372 e. The molecule has 1 aromatic rings. The zero-order valence-electron chi connectivity index (χ0n) is 10.9. The van der Waals surface area contributed by atoms with E-state index in [-0.39, 0.29) is 0 Å². The molecule has 0 bridgehead atoms. The number of rotatable bonds is 6. The molecule has 0 spiro atoms. The Balaban J connectivity index is 2.94. The van der Waals surface area contributed by atoms with Crippen LogP contribution in [0.3, 0.4) is 0 Å². The monoisotopic (exact) mass is 317 g/mol. The SMILES string of the molecule is CCCSCc1nc(NC)c(Br)c(C(C)C)n1. The molecule has 17 heavy (non-hydrogen) atoms. The minimum atomic E-state index is 0.398. The van der Waals surface area contributed by atoms with Crippen molar-refractivity contribution in [3.63, 3.8) is 0 Å². The van der Waals surface area contributed by atoms with Gasteiger partial charge in [0.1, 0.15) is 11.6 Å². The Kier molecular flexibility index (Phi) is 6.27. The second kappa shape index (κ2) is 7.21. The van der Waals surface area contributed by atoms with Crippen LogP contribution in [0.15, 0.2) is 4.47 Å². The molecule has 0 atom stereocenters. The number of anilines is 1. The third kappa shape index (κ3) is 4.14. The van der Waals surface area contributed by atoms with Gasteiger partial charge < -0.3 is 5.32 Å². The summed E-state index contributed by atoms with van der Waals surface area (Å²) in [5.41, 5.74) is 1.08. The maximum Gasteiger partial charge on any atom is 0.144 e. The first kappa shape index (κ1) is 14.8. The van der Waals surface area contributed by atoms with Crippen LogP contribution in [0.4, 0.5) is 5.82 Å². The van der Waals surface area contributed by atoms with Gasteiger partial charge in [0.25, 0.3) is 0 Å². The molecule has 0 aliphatic heterocycles. The highest BCUT2D eigenvalue weighted by Crippen LogP contribution is 2.29. The number of aromatic nitrogens is 2. The largest absolute Gasteiger partial charge is 0.372 e. The summed E-state index contributed by atoms with van der Waals surface area (Å²) in [7, 11) is 1.89. The van der Waals surface area contributed by atoms with Gasteiger partial charge in [-0.15, -0.1) is 0 Å². The van der Waals surface area contributed by atoms with Crippen LogP contribution in [-0.4, -0.2) is 22.8 Å². The fourth-order valence-corrected chi connectivity index (χ4v) is 3.01. The molecule has 0 aromatic carbocycles. The summed E-state index contributed by atoms with van der Waals surface area (Å²) in [6.07, 6.45) is 1.19. The maximum atomic E-state index is 4.63. The predicted molar refractivity (Wildman–Crippen MR) is 79.8 cm³/mol. The molecule has 0 saturated carbocycles. The average Bonchev–Trinajstić information content (AvgIpc) is 2.30. The van der Waals surface area contributed by atoms with Gasteiger partial charge in [0, 0.05) is 7.05 Å². The molecule has 1 rings (SSSR count). The number of nitrogens with zero attached hydrogens (tertiary/aromatic N) is 2. The smallest absolute Gasteiger partial charge is 0.144 e. The van der Waals surface area contributed by atoms with Gasteiger partial charge in [0.15, 0.2) is 0 Å². The summed E-state index contributed by atoms with van der Waals surface area (Å²) in [5.74, 6) is 4.24. The third-order valence-electron chi connectivity index (χ3n) is 2.29. The molecule has 1 heterocycles. The van der Waals surface area contributed by atoms with Gasteiger partial charge in [-0.05, 0) is 34.0 Å². The van der Waals surface area contributed by atoms with Gasteiger partial charge in [-0.2, -0.15) is 11.8 Å². The van der Waals surface area contributed by atoms with E-state index in [9.17, 15) is 0 Å². The zero-order chi connectivity index (χ0) is 12.8. The number of halogens is 1. The van der Waals surface area contributed by atoms with Gasteiger partial charge >= 0.3 is 0 Å². The third-order valence-corrected chi connectivity index (χ3v) is 4.23. The van der Waals surface area contributed by atoms with Gasteiger partial charge in [0.05, 0.1) is 15.9 Å². The Morgan fingerprint density at radius 3 is 2.59 bits per heavy atom. The molecular formula is C12H20BrN3S. The van der Waals surface area contributed by atoms with Crippen LogP contribution in [0, 0.1) is 0 Å². The Bertz CT molecular complexity index is 369. The molecule has 0 radical (unpaired) electrons. The van der Waals surface area contributed by atoms with Crippen molar-refractivity contribution in [2.45, 2.75) is 38.9 Å². The van der Waals surface area contributed by atoms with Gasteiger partial charge in [-0.1, -0.05) is 20.8 Å². The van der Waals surface area contributed by atoms with Crippen LogP contribution in [0.5, 0.6) is 0 Å². The molecule has 1 aromatic heterocycles. The predicted octanol–water partition coefficient (Wildman–Crippen LogP) is 4.05. The Hall–Kier alpha value is -0.290. The van der Waals surface area contributed by atoms with E-state index in [2.05, 4.69) is 52.0 Å². The zero-order valence-corrected chi connectivity index (χ0v) is 13.3. The quantitative estimate of drug-likeness (QED) is 0.803. The lowest BCUT2D eigenvalue weighted by Crippen LogP contribution is -2.06. The van der Waals surface area contributed by atoms with E-state index in [1.54, 1.807) is 0 Å². The van der Waals surface area contributed by atoms with Gasteiger partial charge in [0.2, 0.25) is 0 Å². The standard InChI is InChI=1S/C12H20BrN3S/c1-5-6-17-7-9-15-11(8(2)3)10(13)12(14-4)16-9/h8H,5-7H2,1-4H3,(H,14,15,16). The molecule has 1 N–H and O–H groups in total. The van der Waals surface area contributed by atoms with Crippen molar-refractivity contribution in [1.29, 1.82) is 0 Å². The molecule has 0 amide bonds. The van der Waals surface area contributed by atoms with E-state index in [4.69, 9.17) is 0 Å². The Morgan fingerprint density at radius 2 is 2.06 bits per heavy atom. The van der Waals surface area contributed by atoms with E-state index in [0.29, 0.717) is 5.92 Å². The van der Waals surface area contributed by atoms with E-state index in [0.717, 1.165) is 33.3 Å². The summed E-state index contributed by atoms with van der Waals surface area (Å²) in [5, 5.41) is 3.11. The maximum absolute atomic E-state index is 4.63. The number of hydrogen-bond acceptors (Lipinski definition) is 4. The number of nitrogens with one attached hydrogen (secondary N) is 1. The van der Waals surface area contributed by atoms with Crippen LogP contribution in [-0.2, 0) is 5.75 Å². The molecule has 5 heteroatoms. The van der Waals surface area contributed by atoms with Crippen molar-refractivity contribution in [3.05, 3.63) is 16.0 Å². The minimum absolute atomic E-state index is 0.398. The van der Waals surface area contributed by atoms with Crippen LogP contribution >= 0.6 is 27.7 Å². The first-order valence-electron chi connectivity index (χ1n) is 5.91. The van der Waals surface area contributed by atoms with Crippen LogP contribution < -0.4 is 5.32 Å². The Morgan fingerprint density at radius 1 is 1.35 bits per heavy atom. The summed E-state index contributed by atoms with van der Waals surface area (Å²) in [4.78, 5) is 9.15. The lowest BCUT2D eigenvalue weighted by molar-refractivity contribution is 0.793. The van der Waals surface area contributed by atoms with Gasteiger partial charge in [-0.25, -0.2) is 9.97 Å². The highest BCUT2D eigenvalue weighted by molar-refractivity contribution is 9.10. The molecular weight excluding hydrogens is 298 g/mol. The highest BCUT2D eigenvalue weighted by Gasteiger charge is 2.13. The Labute approximate surface area is 116 Å². The molecule has 96 valence electrons. The average molecular weight is 318 g/mol. The summed E-state index contributed by atoms with van der Waals surface area (Å²) in [6.45, 7) is 6.49. The van der Waals surface area contributed by atoms with Crippen LogP contribution in [0.2, 0.25) is 0 Å². The van der Waals surface area contributed by atoms with E-state index < -0.39 is 0 Å². The molecule has 0 unspecified atom stereocenters. The first-order chi connectivity index (χ1) is 8.10. The summed E-state index contributed by atoms with van der Waals surface area (Å²) in [6, 6.07) is 0. The lowest BCUT2D eigenvalue weighted by Gasteiger charge is -2.13. The van der Waals surface area contributed by atoms with Crippen LogP contribution in [0.25, 0.3) is 0 Å². The van der Waals surface area contributed by atoms with Crippen LogP contribution in [0.1, 0.15) is 44.6 Å². The van der Waals surface area contributed by atoms with E-state index in [1.807, 2.05) is 18.8 Å². The molecule has 0 aliphatic rings. The second-order valence-electron chi connectivity index (χ2n) is 4.14. The normalized spacial score (nSPS) is 10.9. The number of hydrogen-bond donors (Lipinski definition) is 1. The highest BCUT2D eigenvalue weighted by atomic mass is 79.9. The second-order valence-corrected chi connectivity index (χ2v) is 6.04. The topological polar surface area (TPSA) is 37.8 Å². The molecule has 3 nitrogen and oxygen atoms in total. The fraction of sp³-hybridized carbons (Fsp3) is 0.667. The summed E-state index contributed by atoms with van der Waals surface area (Å²) >= 11 is 5.45.